The van der Waals surface area contributed by atoms with Gasteiger partial charge in [-0.3, -0.25) is 0 Å². The molecule has 0 radical (unpaired) electrons. The smallest absolute Gasteiger partial charge is 0.304 e. The van der Waals surface area contributed by atoms with Gasteiger partial charge in [-0.05, 0) is 24.4 Å². The van der Waals surface area contributed by atoms with Crippen molar-refractivity contribution in [3.05, 3.63) is 30.1 Å². The fraction of sp³-hybridized carbons (Fsp3) is 0.222. The predicted octanol–water partition coefficient (Wildman–Crippen LogP) is 2.30. The maximum absolute atomic E-state index is 13.1. The maximum Gasteiger partial charge on any atom is 0.304 e. The molecule has 0 bridgehead atoms. The van der Waals surface area contributed by atoms with Crippen LogP contribution in [0.3, 0.4) is 0 Å². The summed E-state index contributed by atoms with van der Waals surface area (Å²) in [6.07, 6.45) is -0.572. The zero-order chi connectivity index (χ0) is 10.7. The van der Waals surface area contributed by atoms with E-state index >= 15 is 0 Å². The van der Waals surface area contributed by atoms with Gasteiger partial charge in [-0.2, -0.15) is 0 Å². The number of azo groups is 1. The molecule has 78 valence electrons. The van der Waals surface area contributed by atoms with E-state index in [-0.39, 0.29) is 17.5 Å². The van der Waals surface area contributed by atoms with Crippen molar-refractivity contribution in [1.82, 2.24) is 0 Å². The van der Waals surface area contributed by atoms with Gasteiger partial charge in [-0.25, -0.2) is 4.39 Å². The number of thiocarbonyl (C=S) groups is 1. The molecule has 1 heterocycles. The van der Waals surface area contributed by atoms with Gasteiger partial charge in [-0.15, -0.1) is 10.2 Å². The van der Waals surface area contributed by atoms with Crippen LogP contribution in [-0.4, -0.2) is 18.0 Å². The fourth-order valence-corrected chi connectivity index (χ4v) is 1.22. The van der Waals surface area contributed by atoms with E-state index in [0.717, 1.165) is 0 Å². The van der Waals surface area contributed by atoms with Crippen molar-refractivity contribution >= 4 is 17.4 Å². The van der Waals surface area contributed by atoms with Crippen LogP contribution in [-0.2, 0) is 4.74 Å². The first-order chi connectivity index (χ1) is 7.25. The molecule has 2 rings (SSSR count). The minimum atomic E-state index is -0.572. The van der Waals surface area contributed by atoms with E-state index in [1.807, 2.05) is 0 Å². The molecule has 1 aliphatic heterocycles. The SMILES string of the molecule is Fc1ccccc1OCC1N=NC(=S)O1. The molecule has 1 unspecified atom stereocenters. The normalized spacial score (nSPS) is 19.0. The standard InChI is InChI=1S/C9H7FN2O2S/c10-6-3-1-2-4-7(6)13-5-8-11-12-9(15)14-8/h1-4,8H,5H2. The fourth-order valence-electron chi connectivity index (χ4n) is 1.07. The van der Waals surface area contributed by atoms with E-state index in [2.05, 4.69) is 22.4 Å². The summed E-state index contributed by atoms with van der Waals surface area (Å²) in [5.41, 5.74) is 0. The zero-order valence-electron chi connectivity index (χ0n) is 7.59. The third-order valence-corrected chi connectivity index (χ3v) is 1.90. The van der Waals surface area contributed by atoms with Gasteiger partial charge in [0.2, 0.25) is 6.23 Å². The molecule has 0 N–H and O–H groups in total. The molecule has 1 aromatic rings. The first kappa shape index (κ1) is 9.97. The first-order valence-electron chi connectivity index (χ1n) is 4.24. The molecule has 1 atom stereocenters. The van der Waals surface area contributed by atoms with Crippen LogP contribution in [0.25, 0.3) is 0 Å². The van der Waals surface area contributed by atoms with Crippen molar-refractivity contribution in [3.8, 4) is 5.75 Å². The predicted molar refractivity (Wildman–Crippen MR) is 54.2 cm³/mol. The highest BCUT2D eigenvalue weighted by atomic mass is 32.1. The van der Waals surface area contributed by atoms with E-state index in [4.69, 9.17) is 9.47 Å². The second-order valence-electron chi connectivity index (χ2n) is 2.80. The van der Waals surface area contributed by atoms with Gasteiger partial charge in [0, 0.05) is 0 Å². The number of benzene rings is 1. The molecular weight excluding hydrogens is 219 g/mol. The number of nitrogens with zero attached hydrogens (tertiary/aromatic N) is 2. The van der Waals surface area contributed by atoms with E-state index in [0.29, 0.717) is 0 Å². The Morgan fingerprint density at radius 3 is 2.93 bits per heavy atom. The van der Waals surface area contributed by atoms with Crippen molar-refractivity contribution in [2.45, 2.75) is 6.23 Å². The molecule has 0 aliphatic carbocycles. The Morgan fingerprint density at radius 2 is 2.27 bits per heavy atom. The van der Waals surface area contributed by atoms with Gasteiger partial charge >= 0.3 is 5.17 Å². The minimum absolute atomic E-state index is 0.0807. The van der Waals surface area contributed by atoms with Crippen LogP contribution >= 0.6 is 12.2 Å². The summed E-state index contributed by atoms with van der Waals surface area (Å²) in [7, 11) is 0. The summed E-state index contributed by atoms with van der Waals surface area (Å²) in [4.78, 5) is 0. The third-order valence-electron chi connectivity index (χ3n) is 1.72. The minimum Gasteiger partial charge on any atom is -0.484 e. The van der Waals surface area contributed by atoms with Gasteiger partial charge in [-0.1, -0.05) is 12.1 Å². The quantitative estimate of drug-likeness (QED) is 0.743. The highest BCUT2D eigenvalue weighted by Crippen LogP contribution is 2.17. The number of para-hydroxylation sites is 1. The molecule has 0 saturated carbocycles. The summed E-state index contributed by atoms with van der Waals surface area (Å²) in [6.45, 7) is 0.0879. The van der Waals surface area contributed by atoms with Gasteiger partial charge in [0.05, 0.1) is 0 Å². The Morgan fingerprint density at radius 1 is 1.47 bits per heavy atom. The molecule has 1 aromatic carbocycles. The molecule has 4 nitrogen and oxygen atoms in total. The maximum atomic E-state index is 13.1. The Balaban J connectivity index is 1.91. The molecule has 0 fully saturated rings. The van der Waals surface area contributed by atoms with Crippen LogP contribution < -0.4 is 4.74 Å². The lowest BCUT2D eigenvalue weighted by Gasteiger charge is -2.09. The molecule has 6 heteroatoms. The number of hydrogen-bond acceptors (Lipinski definition) is 4. The first-order valence-corrected chi connectivity index (χ1v) is 4.65. The number of ether oxygens (including phenoxy) is 2. The molecule has 0 saturated heterocycles. The molecule has 15 heavy (non-hydrogen) atoms. The number of hydrogen-bond donors (Lipinski definition) is 0. The summed E-state index contributed by atoms with van der Waals surface area (Å²) < 4.78 is 23.2. The van der Waals surface area contributed by atoms with E-state index < -0.39 is 12.0 Å². The van der Waals surface area contributed by atoms with Gasteiger partial charge in [0.25, 0.3) is 0 Å². The molecular formula is C9H7FN2O2S. The topological polar surface area (TPSA) is 43.2 Å². The van der Waals surface area contributed by atoms with Gasteiger partial charge in [0.15, 0.2) is 11.6 Å². The van der Waals surface area contributed by atoms with Crippen molar-refractivity contribution in [1.29, 1.82) is 0 Å². The Kier molecular flexibility index (Phi) is 2.86. The molecule has 0 aromatic heterocycles. The van der Waals surface area contributed by atoms with Crippen molar-refractivity contribution in [3.63, 3.8) is 0 Å². The number of rotatable bonds is 3. The average molecular weight is 226 g/mol. The second kappa shape index (κ2) is 4.31. The van der Waals surface area contributed by atoms with Crippen molar-refractivity contribution < 1.29 is 13.9 Å². The van der Waals surface area contributed by atoms with E-state index in [1.54, 1.807) is 12.1 Å². The third kappa shape index (κ3) is 2.47. The van der Waals surface area contributed by atoms with Crippen LogP contribution in [0, 0.1) is 5.82 Å². The second-order valence-corrected chi connectivity index (χ2v) is 3.14. The molecule has 0 amide bonds. The lowest BCUT2D eigenvalue weighted by Crippen LogP contribution is -2.17. The van der Waals surface area contributed by atoms with Gasteiger partial charge < -0.3 is 9.47 Å². The summed E-state index contributed by atoms with van der Waals surface area (Å²) in [6, 6.07) is 6.11. The van der Waals surface area contributed by atoms with E-state index in [9.17, 15) is 4.39 Å². The lowest BCUT2D eigenvalue weighted by atomic mass is 10.3. The van der Waals surface area contributed by atoms with Crippen molar-refractivity contribution in [2.75, 3.05) is 6.61 Å². The van der Waals surface area contributed by atoms with Crippen molar-refractivity contribution in [2.24, 2.45) is 10.2 Å². The largest absolute Gasteiger partial charge is 0.484 e. The average Bonchev–Trinajstić information content (AvgIpc) is 2.63. The summed E-state index contributed by atoms with van der Waals surface area (Å²) >= 11 is 4.64. The molecule has 1 aliphatic rings. The number of halogens is 1. The monoisotopic (exact) mass is 226 g/mol. The Bertz CT molecular complexity index is 411. The molecule has 0 spiro atoms. The summed E-state index contributed by atoms with van der Waals surface area (Å²) in [5, 5.41) is 7.27. The van der Waals surface area contributed by atoms with Crippen LogP contribution in [0.4, 0.5) is 4.39 Å². The van der Waals surface area contributed by atoms with Crippen LogP contribution in [0.15, 0.2) is 34.5 Å². The van der Waals surface area contributed by atoms with Crippen LogP contribution in [0.5, 0.6) is 5.75 Å². The Labute approximate surface area is 90.7 Å². The lowest BCUT2D eigenvalue weighted by molar-refractivity contribution is 0.137. The van der Waals surface area contributed by atoms with E-state index in [1.165, 1.54) is 12.1 Å². The van der Waals surface area contributed by atoms with Gasteiger partial charge in [0.1, 0.15) is 6.61 Å². The highest BCUT2D eigenvalue weighted by molar-refractivity contribution is 7.80. The van der Waals surface area contributed by atoms with Crippen LogP contribution in [0.1, 0.15) is 0 Å². The summed E-state index contributed by atoms with van der Waals surface area (Å²) in [5.74, 6) is -0.260. The van der Waals surface area contributed by atoms with Crippen LogP contribution in [0.2, 0.25) is 0 Å². The zero-order valence-corrected chi connectivity index (χ0v) is 8.41. The highest BCUT2D eigenvalue weighted by Gasteiger charge is 2.18. The Hall–Kier alpha value is -1.56.